The maximum absolute atomic E-state index is 8.45. The smallest absolute Gasteiger partial charge is 0.139 e. The Morgan fingerprint density at radius 3 is 2.61 bits per heavy atom. The van der Waals surface area contributed by atoms with E-state index in [-0.39, 0.29) is 5.84 Å². The molecule has 4 nitrogen and oxygen atoms in total. The largest absolute Gasteiger partial charge is 0.409 e. The number of oxime groups is 1. The summed E-state index contributed by atoms with van der Waals surface area (Å²) in [7, 11) is 2.06. The summed E-state index contributed by atoms with van der Waals surface area (Å²) in [6, 6.07) is 8.18. The summed E-state index contributed by atoms with van der Waals surface area (Å²) < 4.78 is 0. The summed E-state index contributed by atoms with van der Waals surface area (Å²) in [6.45, 7) is 3.03. The summed E-state index contributed by atoms with van der Waals surface area (Å²) in [4.78, 5) is 2.23. The first-order chi connectivity index (χ1) is 8.54. The first-order valence-corrected chi connectivity index (χ1v) is 6.34. The van der Waals surface area contributed by atoms with Gasteiger partial charge in [-0.1, -0.05) is 28.9 Å². The number of nitrogens with two attached hydrogens (primary N) is 1. The van der Waals surface area contributed by atoms with E-state index in [1.54, 1.807) is 0 Å². The van der Waals surface area contributed by atoms with Gasteiger partial charge in [-0.05, 0) is 44.6 Å². The van der Waals surface area contributed by atoms with Crippen LogP contribution in [0.4, 0.5) is 0 Å². The normalized spacial score (nSPS) is 13.9. The highest BCUT2D eigenvalue weighted by Crippen LogP contribution is 2.20. The Kier molecular flexibility index (Phi) is 5.95. The number of benzene rings is 1. The zero-order chi connectivity index (χ0) is 13.5. The Morgan fingerprint density at radius 1 is 1.44 bits per heavy atom. The molecule has 0 fully saturated rings. The van der Waals surface area contributed by atoms with Crippen molar-refractivity contribution in [1.82, 2.24) is 4.90 Å². The van der Waals surface area contributed by atoms with E-state index in [0.717, 1.165) is 18.0 Å². The molecule has 0 aliphatic heterocycles. The Labute approximate surface area is 113 Å². The third kappa shape index (κ3) is 4.55. The molecule has 0 saturated carbocycles. The lowest BCUT2D eigenvalue weighted by Crippen LogP contribution is -2.24. The standard InChI is InChI=1S/C13H20ClN3O/c1-10(11-5-7-12(14)8-6-11)17(2)9-3-4-13(15)16-18/h5-8,10,18H,3-4,9H2,1-2H3,(H2,15,16). The van der Waals surface area contributed by atoms with Gasteiger partial charge in [-0.25, -0.2) is 0 Å². The lowest BCUT2D eigenvalue weighted by Gasteiger charge is -2.25. The van der Waals surface area contributed by atoms with Crippen LogP contribution in [0.15, 0.2) is 29.4 Å². The molecule has 0 amide bonds. The Bertz CT molecular complexity index is 392. The van der Waals surface area contributed by atoms with E-state index in [2.05, 4.69) is 24.0 Å². The van der Waals surface area contributed by atoms with Gasteiger partial charge in [-0.3, -0.25) is 4.90 Å². The molecule has 100 valence electrons. The summed E-state index contributed by atoms with van der Waals surface area (Å²) in [6.07, 6.45) is 1.47. The van der Waals surface area contributed by atoms with Crippen molar-refractivity contribution in [2.75, 3.05) is 13.6 Å². The third-order valence-electron chi connectivity index (χ3n) is 3.09. The molecule has 0 heterocycles. The van der Waals surface area contributed by atoms with Crippen molar-refractivity contribution >= 4 is 17.4 Å². The molecule has 1 rings (SSSR count). The van der Waals surface area contributed by atoms with Crippen molar-refractivity contribution in [2.24, 2.45) is 10.9 Å². The zero-order valence-corrected chi connectivity index (χ0v) is 11.6. The molecule has 1 unspecified atom stereocenters. The second kappa shape index (κ2) is 7.24. The summed E-state index contributed by atoms with van der Waals surface area (Å²) in [5.74, 6) is 0.280. The molecule has 0 radical (unpaired) electrons. The molecule has 0 aliphatic rings. The van der Waals surface area contributed by atoms with Crippen molar-refractivity contribution in [3.05, 3.63) is 34.9 Å². The van der Waals surface area contributed by atoms with E-state index in [9.17, 15) is 0 Å². The van der Waals surface area contributed by atoms with Crippen LogP contribution in [-0.2, 0) is 0 Å². The highest BCUT2D eigenvalue weighted by atomic mass is 35.5. The lowest BCUT2D eigenvalue weighted by atomic mass is 10.1. The fourth-order valence-corrected chi connectivity index (χ4v) is 1.87. The molecule has 0 saturated heterocycles. The third-order valence-corrected chi connectivity index (χ3v) is 3.34. The Balaban J connectivity index is 2.46. The van der Waals surface area contributed by atoms with Crippen LogP contribution < -0.4 is 5.73 Å². The molecule has 0 aromatic heterocycles. The molecule has 0 spiro atoms. The van der Waals surface area contributed by atoms with Crippen LogP contribution in [0.2, 0.25) is 5.02 Å². The van der Waals surface area contributed by atoms with Crippen molar-refractivity contribution in [2.45, 2.75) is 25.8 Å². The topological polar surface area (TPSA) is 61.8 Å². The predicted molar refractivity (Wildman–Crippen MR) is 75.1 cm³/mol. The lowest BCUT2D eigenvalue weighted by molar-refractivity contribution is 0.259. The number of halogens is 1. The van der Waals surface area contributed by atoms with Crippen molar-refractivity contribution < 1.29 is 5.21 Å². The fourth-order valence-electron chi connectivity index (χ4n) is 1.75. The van der Waals surface area contributed by atoms with Gasteiger partial charge in [0.15, 0.2) is 0 Å². The fraction of sp³-hybridized carbons (Fsp3) is 0.462. The maximum Gasteiger partial charge on any atom is 0.139 e. The van der Waals surface area contributed by atoms with Crippen LogP contribution >= 0.6 is 11.6 Å². The molecule has 1 aromatic rings. The van der Waals surface area contributed by atoms with Gasteiger partial charge in [-0.2, -0.15) is 0 Å². The highest BCUT2D eigenvalue weighted by Gasteiger charge is 2.11. The molecule has 5 heteroatoms. The van der Waals surface area contributed by atoms with Crippen molar-refractivity contribution in [1.29, 1.82) is 0 Å². The van der Waals surface area contributed by atoms with E-state index in [1.165, 1.54) is 5.56 Å². The molecule has 3 N–H and O–H groups in total. The number of hydrogen-bond acceptors (Lipinski definition) is 3. The zero-order valence-electron chi connectivity index (χ0n) is 10.8. The molecular weight excluding hydrogens is 250 g/mol. The Morgan fingerprint density at radius 2 is 2.06 bits per heavy atom. The first kappa shape index (κ1) is 14.8. The van der Waals surface area contributed by atoms with Gasteiger partial charge in [0.1, 0.15) is 5.84 Å². The summed E-state index contributed by atoms with van der Waals surface area (Å²) in [5.41, 5.74) is 6.66. The van der Waals surface area contributed by atoms with Crippen LogP contribution in [0.1, 0.15) is 31.4 Å². The van der Waals surface area contributed by atoms with E-state index >= 15 is 0 Å². The van der Waals surface area contributed by atoms with E-state index in [1.807, 2.05) is 24.3 Å². The van der Waals surface area contributed by atoms with Crippen LogP contribution in [-0.4, -0.2) is 29.5 Å². The number of hydrogen-bond donors (Lipinski definition) is 2. The monoisotopic (exact) mass is 269 g/mol. The number of rotatable bonds is 6. The summed E-state index contributed by atoms with van der Waals surface area (Å²) >= 11 is 5.87. The average Bonchev–Trinajstić information content (AvgIpc) is 2.38. The molecule has 1 atom stereocenters. The molecule has 1 aromatic carbocycles. The number of nitrogens with zero attached hydrogens (tertiary/aromatic N) is 2. The molecular formula is C13H20ClN3O. The average molecular weight is 270 g/mol. The van der Waals surface area contributed by atoms with Gasteiger partial charge in [0, 0.05) is 17.5 Å². The van der Waals surface area contributed by atoms with Gasteiger partial charge in [0.05, 0.1) is 0 Å². The maximum atomic E-state index is 8.45. The molecule has 0 aliphatic carbocycles. The van der Waals surface area contributed by atoms with Crippen LogP contribution in [0, 0.1) is 0 Å². The first-order valence-electron chi connectivity index (χ1n) is 5.96. The second-order valence-electron chi connectivity index (χ2n) is 4.40. The van der Waals surface area contributed by atoms with Crippen molar-refractivity contribution in [3.8, 4) is 0 Å². The second-order valence-corrected chi connectivity index (χ2v) is 4.84. The van der Waals surface area contributed by atoms with Gasteiger partial charge in [-0.15, -0.1) is 0 Å². The minimum Gasteiger partial charge on any atom is -0.409 e. The summed E-state index contributed by atoms with van der Waals surface area (Å²) in [5, 5.41) is 12.2. The van der Waals surface area contributed by atoms with E-state index < -0.39 is 0 Å². The van der Waals surface area contributed by atoms with Crippen molar-refractivity contribution in [3.63, 3.8) is 0 Å². The van der Waals surface area contributed by atoms with Gasteiger partial charge >= 0.3 is 0 Å². The van der Waals surface area contributed by atoms with Gasteiger partial charge in [0.2, 0.25) is 0 Å². The number of amidine groups is 1. The van der Waals surface area contributed by atoms with Crippen LogP contribution in [0.3, 0.4) is 0 Å². The van der Waals surface area contributed by atoms with Gasteiger partial charge < -0.3 is 10.9 Å². The predicted octanol–water partition coefficient (Wildman–Crippen LogP) is 2.86. The van der Waals surface area contributed by atoms with E-state index in [4.69, 9.17) is 22.5 Å². The van der Waals surface area contributed by atoms with Crippen LogP contribution in [0.5, 0.6) is 0 Å². The SMILES string of the molecule is CC(c1ccc(Cl)cc1)N(C)CCCC(N)=NO. The van der Waals surface area contributed by atoms with Crippen LogP contribution in [0.25, 0.3) is 0 Å². The van der Waals surface area contributed by atoms with Gasteiger partial charge in [0.25, 0.3) is 0 Å². The minimum atomic E-state index is 0.280. The minimum absolute atomic E-state index is 0.280. The van der Waals surface area contributed by atoms with E-state index in [0.29, 0.717) is 12.5 Å². The highest BCUT2D eigenvalue weighted by molar-refractivity contribution is 6.30. The quantitative estimate of drug-likeness (QED) is 0.361. The molecule has 18 heavy (non-hydrogen) atoms. The Hall–Kier alpha value is -1.26. The molecule has 0 bridgehead atoms.